The smallest absolute Gasteiger partial charge is 0.288 e. The number of halogens is 1. The quantitative estimate of drug-likeness (QED) is 0.676. The second kappa shape index (κ2) is 6.36. The molecule has 2 rings (SSSR count). The van der Waals surface area contributed by atoms with E-state index in [1.807, 2.05) is 6.92 Å². The maximum atomic E-state index is 11.9. The van der Waals surface area contributed by atoms with Crippen molar-refractivity contribution in [3.05, 3.63) is 56.7 Å². The molecule has 21 heavy (non-hydrogen) atoms. The van der Waals surface area contributed by atoms with Crippen LogP contribution < -0.4 is 5.32 Å². The summed E-state index contributed by atoms with van der Waals surface area (Å²) in [5.41, 5.74) is -0.165. The van der Waals surface area contributed by atoms with E-state index in [2.05, 4.69) is 10.3 Å². The zero-order valence-corrected chi connectivity index (χ0v) is 11.9. The number of aryl methyl sites for hydroxylation is 1. The minimum Gasteiger partial charge on any atom is -0.444 e. The molecule has 0 bridgehead atoms. The molecule has 0 saturated heterocycles. The molecule has 1 N–H and O–H groups in total. The zero-order chi connectivity index (χ0) is 15.4. The standard InChI is InChI=1S/C13H12ClN3O4/c1-2-9-6-15-12(21-9)7-16-13(18)8-3-4-10(14)11(5-8)17(19)20/h3-6H,2,7H2,1H3,(H,16,18). The molecular formula is C13H12ClN3O4. The van der Waals surface area contributed by atoms with Crippen molar-refractivity contribution in [2.24, 2.45) is 0 Å². The van der Waals surface area contributed by atoms with E-state index in [0.29, 0.717) is 12.3 Å². The van der Waals surface area contributed by atoms with E-state index in [0.717, 1.165) is 11.8 Å². The molecule has 1 heterocycles. The predicted molar refractivity (Wildman–Crippen MR) is 75.2 cm³/mol. The zero-order valence-electron chi connectivity index (χ0n) is 11.1. The van der Waals surface area contributed by atoms with Crippen molar-refractivity contribution in [1.82, 2.24) is 10.3 Å². The number of benzene rings is 1. The minimum atomic E-state index is -0.638. The van der Waals surface area contributed by atoms with Crippen molar-refractivity contribution in [2.75, 3.05) is 0 Å². The number of nitro benzene ring substituents is 1. The van der Waals surface area contributed by atoms with Crippen LogP contribution in [0.15, 0.2) is 28.8 Å². The predicted octanol–water partition coefficient (Wildman–Crippen LogP) is 2.73. The Morgan fingerprint density at radius 2 is 2.29 bits per heavy atom. The molecule has 0 spiro atoms. The highest BCUT2D eigenvalue weighted by Gasteiger charge is 2.16. The van der Waals surface area contributed by atoms with Gasteiger partial charge in [-0.1, -0.05) is 18.5 Å². The maximum Gasteiger partial charge on any atom is 0.288 e. The lowest BCUT2D eigenvalue weighted by Gasteiger charge is -2.03. The van der Waals surface area contributed by atoms with Crippen LogP contribution in [0.5, 0.6) is 0 Å². The van der Waals surface area contributed by atoms with Crippen LogP contribution in [-0.2, 0) is 13.0 Å². The summed E-state index contributed by atoms with van der Waals surface area (Å²) >= 11 is 5.69. The van der Waals surface area contributed by atoms with Gasteiger partial charge in [-0.2, -0.15) is 0 Å². The molecule has 0 aliphatic heterocycles. The summed E-state index contributed by atoms with van der Waals surface area (Å²) in [4.78, 5) is 26.1. The number of oxazole rings is 1. The third kappa shape index (κ3) is 3.57. The molecule has 1 aromatic heterocycles. The van der Waals surface area contributed by atoms with E-state index in [-0.39, 0.29) is 22.8 Å². The normalized spacial score (nSPS) is 10.4. The average molecular weight is 310 g/mol. The van der Waals surface area contributed by atoms with E-state index in [4.69, 9.17) is 16.0 Å². The average Bonchev–Trinajstić information content (AvgIpc) is 2.93. The fourth-order valence-electron chi connectivity index (χ4n) is 1.64. The van der Waals surface area contributed by atoms with Gasteiger partial charge in [0.05, 0.1) is 17.7 Å². The molecule has 0 unspecified atom stereocenters. The highest BCUT2D eigenvalue weighted by Crippen LogP contribution is 2.25. The molecule has 110 valence electrons. The van der Waals surface area contributed by atoms with E-state index in [1.54, 1.807) is 6.20 Å². The van der Waals surface area contributed by atoms with Crippen molar-refractivity contribution in [2.45, 2.75) is 19.9 Å². The highest BCUT2D eigenvalue weighted by atomic mass is 35.5. The lowest BCUT2D eigenvalue weighted by atomic mass is 10.2. The number of hydrogen-bond acceptors (Lipinski definition) is 5. The number of amides is 1. The molecule has 1 amide bonds. The molecule has 0 fully saturated rings. The lowest BCUT2D eigenvalue weighted by Crippen LogP contribution is -2.23. The number of nitrogens with one attached hydrogen (secondary N) is 1. The first-order valence-electron chi connectivity index (χ1n) is 6.17. The first kappa shape index (κ1) is 15.0. The summed E-state index contributed by atoms with van der Waals surface area (Å²) in [6.45, 7) is 2.03. The van der Waals surface area contributed by atoms with Crippen molar-refractivity contribution in [3.63, 3.8) is 0 Å². The number of aromatic nitrogens is 1. The topological polar surface area (TPSA) is 98.3 Å². The van der Waals surface area contributed by atoms with E-state index in [1.165, 1.54) is 12.1 Å². The van der Waals surface area contributed by atoms with Crippen LogP contribution >= 0.6 is 11.6 Å². The lowest BCUT2D eigenvalue weighted by molar-refractivity contribution is -0.384. The first-order valence-corrected chi connectivity index (χ1v) is 6.54. The molecule has 1 aromatic carbocycles. The Hall–Kier alpha value is -2.41. The Morgan fingerprint density at radius 3 is 2.90 bits per heavy atom. The molecule has 7 nitrogen and oxygen atoms in total. The first-order chi connectivity index (χ1) is 10.0. The summed E-state index contributed by atoms with van der Waals surface area (Å²) in [7, 11) is 0. The van der Waals surface area contributed by atoms with Gasteiger partial charge in [-0.3, -0.25) is 14.9 Å². The summed E-state index contributed by atoms with van der Waals surface area (Å²) < 4.78 is 5.34. The molecule has 2 aromatic rings. The molecule has 8 heteroatoms. The van der Waals surface area contributed by atoms with Crippen LogP contribution in [0.2, 0.25) is 5.02 Å². The van der Waals surface area contributed by atoms with Crippen LogP contribution in [-0.4, -0.2) is 15.8 Å². The monoisotopic (exact) mass is 309 g/mol. The Kier molecular flexibility index (Phi) is 4.54. The second-order valence-corrected chi connectivity index (χ2v) is 4.59. The van der Waals surface area contributed by atoms with Crippen LogP contribution in [0.1, 0.15) is 28.9 Å². The highest BCUT2D eigenvalue weighted by molar-refractivity contribution is 6.32. The Morgan fingerprint density at radius 1 is 1.52 bits per heavy atom. The van der Waals surface area contributed by atoms with Crippen molar-refractivity contribution >= 4 is 23.2 Å². The summed E-state index contributed by atoms with van der Waals surface area (Å²) in [5.74, 6) is 0.635. The number of carbonyl (C=O) groups is 1. The molecule has 0 saturated carbocycles. The molecule has 0 aliphatic carbocycles. The fourth-order valence-corrected chi connectivity index (χ4v) is 1.83. The van der Waals surface area contributed by atoms with Crippen LogP contribution in [0, 0.1) is 10.1 Å². The Labute approximate surface area is 125 Å². The number of rotatable bonds is 5. The van der Waals surface area contributed by atoms with Gasteiger partial charge in [-0.05, 0) is 12.1 Å². The number of carbonyl (C=O) groups excluding carboxylic acids is 1. The molecule has 0 atom stereocenters. The van der Waals surface area contributed by atoms with E-state index >= 15 is 0 Å². The molecular weight excluding hydrogens is 298 g/mol. The van der Waals surface area contributed by atoms with Gasteiger partial charge in [0.1, 0.15) is 10.8 Å². The van der Waals surface area contributed by atoms with Gasteiger partial charge in [-0.25, -0.2) is 4.98 Å². The minimum absolute atomic E-state index is 0.0168. The largest absolute Gasteiger partial charge is 0.444 e. The van der Waals surface area contributed by atoms with Crippen molar-refractivity contribution in [1.29, 1.82) is 0 Å². The van der Waals surface area contributed by atoms with Gasteiger partial charge in [0.25, 0.3) is 11.6 Å². The summed E-state index contributed by atoms with van der Waals surface area (Å²) in [5, 5.41) is 13.3. The fraction of sp³-hybridized carbons (Fsp3) is 0.231. The third-order valence-corrected chi connectivity index (χ3v) is 3.07. The van der Waals surface area contributed by atoms with Crippen molar-refractivity contribution < 1.29 is 14.1 Å². The summed E-state index contributed by atoms with van der Waals surface area (Å²) in [6, 6.07) is 3.86. The third-order valence-electron chi connectivity index (χ3n) is 2.76. The van der Waals surface area contributed by atoms with Crippen LogP contribution in [0.25, 0.3) is 0 Å². The number of hydrogen-bond donors (Lipinski definition) is 1. The van der Waals surface area contributed by atoms with Crippen LogP contribution in [0.4, 0.5) is 5.69 Å². The van der Waals surface area contributed by atoms with Gasteiger partial charge in [0, 0.05) is 18.1 Å². The van der Waals surface area contributed by atoms with Crippen LogP contribution in [0.3, 0.4) is 0 Å². The van der Waals surface area contributed by atoms with Gasteiger partial charge in [0.2, 0.25) is 5.89 Å². The Balaban J connectivity index is 2.06. The molecule has 0 radical (unpaired) electrons. The maximum absolute atomic E-state index is 11.9. The molecule has 0 aliphatic rings. The van der Waals surface area contributed by atoms with Gasteiger partial charge < -0.3 is 9.73 Å². The van der Waals surface area contributed by atoms with E-state index in [9.17, 15) is 14.9 Å². The van der Waals surface area contributed by atoms with E-state index < -0.39 is 10.8 Å². The SMILES string of the molecule is CCc1cnc(CNC(=O)c2ccc(Cl)c([N+](=O)[O-])c2)o1. The van der Waals surface area contributed by atoms with Crippen molar-refractivity contribution in [3.8, 4) is 0 Å². The van der Waals surface area contributed by atoms with Gasteiger partial charge in [-0.15, -0.1) is 0 Å². The number of nitrogens with zero attached hydrogens (tertiary/aromatic N) is 2. The second-order valence-electron chi connectivity index (χ2n) is 4.18. The van der Waals surface area contributed by atoms with Gasteiger partial charge in [0.15, 0.2) is 0 Å². The summed E-state index contributed by atoms with van der Waals surface area (Å²) in [6.07, 6.45) is 2.30. The number of nitro groups is 1. The van der Waals surface area contributed by atoms with Gasteiger partial charge >= 0.3 is 0 Å². The Bertz CT molecular complexity index is 684.